The summed E-state index contributed by atoms with van der Waals surface area (Å²) >= 11 is 1.50. The highest BCUT2D eigenvalue weighted by Gasteiger charge is 2.25. The van der Waals surface area contributed by atoms with Gasteiger partial charge in [-0.05, 0) is 44.2 Å². The van der Waals surface area contributed by atoms with Crippen molar-refractivity contribution >= 4 is 29.5 Å². The number of carboxylic acids is 1. The lowest BCUT2D eigenvalue weighted by molar-refractivity contribution is -0.142. The average molecular weight is 334 g/mol. The number of nitrogens with two attached hydrogens (primary N) is 2. The van der Waals surface area contributed by atoms with Gasteiger partial charge in [-0.15, -0.1) is 0 Å². The summed E-state index contributed by atoms with van der Waals surface area (Å²) in [6, 6.07) is -1.76. The molecule has 7 N–H and O–H groups in total. The molecule has 2 amide bonds. The van der Waals surface area contributed by atoms with Gasteiger partial charge in [0.25, 0.3) is 0 Å². The minimum absolute atomic E-state index is 0.227. The second kappa shape index (κ2) is 12.2. The molecule has 0 bridgehead atoms. The van der Waals surface area contributed by atoms with E-state index in [1.807, 2.05) is 6.26 Å². The van der Waals surface area contributed by atoms with Crippen LogP contribution in [0, 0.1) is 0 Å². The Morgan fingerprint density at radius 1 is 1.09 bits per heavy atom. The van der Waals surface area contributed by atoms with E-state index in [0.717, 1.165) is 6.42 Å². The fourth-order valence-corrected chi connectivity index (χ4v) is 2.25. The predicted octanol–water partition coefficient (Wildman–Crippen LogP) is -1.12. The molecule has 128 valence electrons. The molecule has 0 aliphatic heterocycles. The zero-order chi connectivity index (χ0) is 17.0. The normalized spacial score (nSPS) is 13.2. The number of thioether (sulfide) groups is 1. The average Bonchev–Trinajstić information content (AvgIpc) is 2.49. The van der Waals surface area contributed by atoms with Crippen LogP contribution in [0.1, 0.15) is 25.7 Å². The van der Waals surface area contributed by atoms with Gasteiger partial charge < -0.3 is 27.2 Å². The Hall–Kier alpha value is -1.32. The third-order valence-corrected chi connectivity index (χ3v) is 3.65. The Labute approximate surface area is 134 Å². The van der Waals surface area contributed by atoms with Crippen molar-refractivity contribution in [1.29, 1.82) is 0 Å². The number of aliphatic carboxylic acids is 1. The van der Waals surface area contributed by atoms with E-state index in [0.29, 0.717) is 31.6 Å². The Bertz CT molecular complexity index is 368. The van der Waals surface area contributed by atoms with E-state index in [-0.39, 0.29) is 6.54 Å². The largest absolute Gasteiger partial charge is 0.480 e. The van der Waals surface area contributed by atoms with E-state index in [1.165, 1.54) is 11.8 Å². The summed E-state index contributed by atoms with van der Waals surface area (Å²) < 4.78 is 0. The Morgan fingerprint density at radius 3 is 2.27 bits per heavy atom. The Morgan fingerprint density at radius 2 is 1.77 bits per heavy atom. The van der Waals surface area contributed by atoms with Gasteiger partial charge in [0, 0.05) is 0 Å². The first-order valence-electron chi connectivity index (χ1n) is 7.17. The highest BCUT2D eigenvalue weighted by Crippen LogP contribution is 2.05. The zero-order valence-electron chi connectivity index (χ0n) is 12.8. The zero-order valence-corrected chi connectivity index (χ0v) is 13.7. The first-order chi connectivity index (χ1) is 10.5. The number of rotatable bonds is 12. The van der Waals surface area contributed by atoms with Crippen LogP contribution in [0.15, 0.2) is 0 Å². The summed E-state index contributed by atoms with van der Waals surface area (Å²) in [5.41, 5.74) is 10.6. The number of nitrogens with one attached hydrogen (secondary N) is 2. The van der Waals surface area contributed by atoms with Crippen LogP contribution in [0.2, 0.25) is 0 Å². The molecule has 0 fully saturated rings. The standard InChI is InChI=1S/C13H26N4O4S/c1-22-7-5-10(13(20)21)17-12(19)9(4-2-3-6-14)16-11(18)8-15/h9-10H,2-8,14-15H2,1H3,(H,16,18)(H,17,19)(H,20,21). The van der Waals surface area contributed by atoms with Crippen LogP contribution in [0.3, 0.4) is 0 Å². The van der Waals surface area contributed by atoms with Gasteiger partial charge in [-0.25, -0.2) is 4.79 Å². The molecule has 0 rings (SSSR count). The second-order valence-electron chi connectivity index (χ2n) is 4.79. The lowest BCUT2D eigenvalue weighted by atomic mass is 10.1. The van der Waals surface area contributed by atoms with Crippen molar-refractivity contribution in [3.63, 3.8) is 0 Å². The monoisotopic (exact) mass is 334 g/mol. The van der Waals surface area contributed by atoms with Crippen LogP contribution in [0.5, 0.6) is 0 Å². The Kier molecular flexibility index (Phi) is 11.5. The van der Waals surface area contributed by atoms with Crippen LogP contribution in [-0.2, 0) is 14.4 Å². The van der Waals surface area contributed by atoms with Crippen molar-refractivity contribution < 1.29 is 19.5 Å². The molecule has 2 atom stereocenters. The molecule has 2 unspecified atom stereocenters. The van der Waals surface area contributed by atoms with E-state index >= 15 is 0 Å². The summed E-state index contributed by atoms with van der Waals surface area (Å²) in [5, 5.41) is 14.1. The maximum Gasteiger partial charge on any atom is 0.326 e. The molecule has 0 heterocycles. The number of unbranched alkanes of at least 4 members (excludes halogenated alkanes) is 1. The molecule has 0 aliphatic carbocycles. The van der Waals surface area contributed by atoms with Gasteiger partial charge in [-0.3, -0.25) is 9.59 Å². The lowest BCUT2D eigenvalue weighted by Gasteiger charge is -2.21. The molecular formula is C13H26N4O4S. The first kappa shape index (κ1) is 20.7. The number of carbonyl (C=O) groups excluding carboxylic acids is 2. The number of amides is 2. The number of carbonyl (C=O) groups is 3. The van der Waals surface area contributed by atoms with E-state index in [9.17, 15) is 14.4 Å². The van der Waals surface area contributed by atoms with Crippen LogP contribution in [0.25, 0.3) is 0 Å². The molecule has 0 aromatic rings. The van der Waals surface area contributed by atoms with E-state index in [4.69, 9.17) is 16.6 Å². The Balaban J connectivity index is 4.68. The van der Waals surface area contributed by atoms with Crippen molar-refractivity contribution in [2.45, 2.75) is 37.8 Å². The smallest absolute Gasteiger partial charge is 0.326 e. The molecule has 0 spiro atoms. The summed E-state index contributed by atoms with van der Waals surface area (Å²) in [6.45, 7) is 0.264. The highest BCUT2D eigenvalue weighted by atomic mass is 32.2. The third kappa shape index (κ3) is 8.85. The molecule has 0 aromatic carbocycles. The summed E-state index contributed by atoms with van der Waals surface area (Å²) in [7, 11) is 0. The van der Waals surface area contributed by atoms with Gasteiger partial charge >= 0.3 is 5.97 Å². The molecule has 22 heavy (non-hydrogen) atoms. The van der Waals surface area contributed by atoms with Crippen LogP contribution >= 0.6 is 11.8 Å². The van der Waals surface area contributed by atoms with Crippen molar-refractivity contribution in [1.82, 2.24) is 10.6 Å². The number of hydrogen-bond donors (Lipinski definition) is 5. The van der Waals surface area contributed by atoms with Gasteiger partial charge in [-0.2, -0.15) is 11.8 Å². The molecular weight excluding hydrogens is 308 g/mol. The van der Waals surface area contributed by atoms with Crippen molar-refractivity contribution in [2.24, 2.45) is 11.5 Å². The molecule has 0 radical (unpaired) electrons. The summed E-state index contributed by atoms with van der Waals surface area (Å²) in [4.78, 5) is 34.7. The first-order valence-corrected chi connectivity index (χ1v) is 8.57. The topological polar surface area (TPSA) is 148 Å². The molecule has 0 saturated carbocycles. The fraction of sp³-hybridized carbons (Fsp3) is 0.769. The van der Waals surface area contributed by atoms with Crippen molar-refractivity contribution in [3.8, 4) is 0 Å². The maximum absolute atomic E-state index is 12.2. The minimum atomic E-state index is -1.09. The number of carboxylic acid groups (broad SMARTS) is 1. The van der Waals surface area contributed by atoms with Crippen LogP contribution in [0.4, 0.5) is 0 Å². The van der Waals surface area contributed by atoms with Gasteiger partial charge in [0.05, 0.1) is 6.54 Å². The maximum atomic E-state index is 12.2. The summed E-state index contributed by atoms with van der Waals surface area (Å²) in [6.07, 6.45) is 3.95. The molecule has 9 heteroatoms. The highest BCUT2D eigenvalue weighted by molar-refractivity contribution is 7.98. The van der Waals surface area contributed by atoms with Gasteiger partial charge in [0.15, 0.2) is 0 Å². The molecule has 0 saturated heterocycles. The molecule has 8 nitrogen and oxygen atoms in total. The number of hydrogen-bond acceptors (Lipinski definition) is 6. The minimum Gasteiger partial charge on any atom is -0.480 e. The molecule has 0 aromatic heterocycles. The van der Waals surface area contributed by atoms with Crippen LogP contribution < -0.4 is 22.1 Å². The van der Waals surface area contributed by atoms with Crippen molar-refractivity contribution in [2.75, 3.05) is 25.1 Å². The predicted molar refractivity (Wildman–Crippen MR) is 86.5 cm³/mol. The SMILES string of the molecule is CSCCC(NC(=O)C(CCCCN)NC(=O)CN)C(=O)O. The third-order valence-electron chi connectivity index (χ3n) is 3.01. The second-order valence-corrected chi connectivity index (χ2v) is 5.78. The van der Waals surface area contributed by atoms with E-state index < -0.39 is 29.9 Å². The van der Waals surface area contributed by atoms with Gasteiger partial charge in [0.2, 0.25) is 11.8 Å². The fourth-order valence-electron chi connectivity index (χ4n) is 1.78. The summed E-state index contributed by atoms with van der Waals surface area (Å²) in [5.74, 6) is -1.44. The lowest BCUT2D eigenvalue weighted by Crippen LogP contribution is -2.52. The van der Waals surface area contributed by atoms with Gasteiger partial charge in [-0.1, -0.05) is 0 Å². The van der Waals surface area contributed by atoms with Gasteiger partial charge in [0.1, 0.15) is 12.1 Å². The molecule has 0 aliphatic rings. The van der Waals surface area contributed by atoms with E-state index in [2.05, 4.69) is 10.6 Å². The van der Waals surface area contributed by atoms with E-state index in [1.54, 1.807) is 0 Å². The van der Waals surface area contributed by atoms with Crippen LogP contribution in [-0.4, -0.2) is 60.1 Å². The quantitative estimate of drug-likeness (QED) is 0.284. The van der Waals surface area contributed by atoms with Crippen molar-refractivity contribution in [3.05, 3.63) is 0 Å².